The van der Waals surface area contributed by atoms with Gasteiger partial charge in [0.15, 0.2) is 10.4 Å². The monoisotopic (exact) mass is 285 g/mol. The van der Waals surface area contributed by atoms with E-state index in [1.807, 2.05) is 0 Å². The molecule has 4 heteroatoms. The molecule has 1 aliphatic rings. The molecule has 1 heterocycles. The van der Waals surface area contributed by atoms with Crippen molar-refractivity contribution in [1.29, 1.82) is 0 Å². The van der Waals surface area contributed by atoms with Gasteiger partial charge in [-0.05, 0) is 46.8 Å². The van der Waals surface area contributed by atoms with Crippen molar-refractivity contribution in [2.45, 2.75) is 38.6 Å². The van der Waals surface area contributed by atoms with Gasteiger partial charge in [-0.25, -0.2) is 0 Å². The highest BCUT2D eigenvalue weighted by Gasteiger charge is 2.24. The largest absolute Gasteiger partial charge is 0.444 e. The third-order valence-corrected chi connectivity index (χ3v) is 3.65. The maximum absolute atomic E-state index is 11.8. The molecule has 0 saturated heterocycles. The van der Waals surface area contributed by atoms with E-state index in [0.717, 1.165) is 6.42 Å². The number of nitrogens with one attached hydrogen (secondary N) is 1. The van der Waals surface area contributed by atoms with Gasteiger partial charge in [-0.1, -0.05) is 19.8 Å². The van der Waals surface area contributed by atoms with Crippen LogP contribution < -0.4 is 5.32 Å². The minimum absolute atomic E-state index is 0.107. The molecule has 1 fully saturated rings. The first-order chi connectivity index (χ1) is 7.66. The predicted octanol–water partition coefficient (Wildman–Crippen LogP) is 3.35. The molecule has 2 atom stereocenters. The number of halogens is 1. The molecule has 0 bridgehead atoms. The molecule has 2 rings (SSSR count). The van der Waals surface area contributed by atoms with Gasteiger partial charge in [0.25, 0.3) is 5.91 Å². The lowest BCUT2D eigenvalue weighted by Gasteiger charge is -2.29. The van der Waals surface area contributed by atoms with Gasteiger partial charge in [0, 0.05) is 6.04 Å². The van der Waals surface area contributed by atoms with Crippen molar-refractivity contribution < 1.29 is 9.21 Å². The smallest absolute Gasteiger partial charge is 0.287 e. The lowest BCUT2D eigenvalue weighted by atomic mass is 9.86. The van der Waals surface area contributed by atoms with E-state index in [4.69, 9.17) is 4.42 Å². The Bertz CT molecular complexity index is 375. The van der Waals surface area contributed by atoms with Crippen molar-refractivity contribution in [3.05, 3.63) is 22.6 Å². The van der Waals surface area contributed by atoms with Crippen LogP contribution >= 0.6 is 15.9 Å². The van der Waals surface area contributed by atoms with E-state index in [1.165, 1.54) is 19.3 Å². The summed E-state index contributed by atoms with van der Waals surface area (Å²) in [6.45, 7) is 2.20. The molecule has 1 aromatic rings. The first-order valence-electron chi connectivity index (χ1n) is 5.73. The van der Waals surface area contributed by atoms with Crippen molar-refractivity contribution in [1.82, 2.24) is 5.32 Å². The lowest BCUT2D eigenvalue weighted by molar-refractivity contribution is 0.0880. The zero-order valence-corrected chi connectivity index (χ0v) is 10.9. The minimum Gasteiger partial charge on any atom is -0.444 e. The van der Waals surface area contributed by atoms with E-state index < -0.39 is 0 Å². The Morgan fingerprint density at radius 2 is 2.19 bits per heavy atom. The number of amides is 1. The van der Waals surface area contributed by atoms with Crippen molar-refractivity contribution >= 4 is 21.8 Å². The fraction of sp³-hybridized carbons (Fsp3) is 0.583. The van der Waals surface area contributed by atoms with E-state index >= 15 is 0 Å². The summed E-state index contributed by atoms with van der Waals surface area (Å²) in [5, 5.41) is 3.04. The molecule has 2 unspecified atom stereocenters. The summed E-state index contributed by atoms with van der Waals surface area (Å²) in [5.74, 6) is 0.838. The molecular weight excluding hydrogens is 270 g/mol. The summed E-state index contributed by atoms with van der Waals surface area (Å²) < 4.78 is 5.82. The number of hydrogen-bond donors (Lipinski definition) is 1. The maximum Gasteiger partial charge on any atom is 0.287 e. The average Bonchev–Trinajstić information content (AvgIpc) is 2.68. The number of carbonyl (C=O) groups is 1. The van der Waals surface area contributed by atoms with Crippen LogP contribution in [0.25, 0.3) is 0 Å². The molecule has 0 aliphatic heterocycles. The summed E-state index contributed by atoms with van der Waals surface area (Å²) in [7, 11) is 0. The molecule has 1 saturated carbocycles. The zero-order chi connectivity index (χ0) is 11.5. The van der Waals surface area contributed by atoms with Crippen LogP contribution in [0.1, 0.15) is 43.2 Å². The van der Waals surface area contributed by atoms with Crippen LogP contribution in [0.15, 0.2) is 21.2 Å². The standard InChI is InChI=1S/C12H16BrNO2/c1-8-4-2-3-5-9(8)14-12(15)10-6-7-11(13)16-10/h6-9H,2-5H2,1H3,(H,14,15). The topological polar surface area (TPSA) is 42.2 Å². The van der Waals surface area contributed by atoms with Crippen LogP contribution in [0.3, 0.4) is 0 Å². The highest BCUT2D eigenvalue weighted by Crippen LogP contribution is 2.24. The second-order valence-electron chi connectivity index (χ2n) is 4.45. The second-order valence-corrected chi connectivity index (χ2v) is 5.23. The van der Waals surface area contributed by atoms with Gasteiger partial charge in [0.1, 0.15) is 0 Å². The molecule has 88 valence electrons. The third-order valence-electron chi connectivity index (χ3n) is 3.22. The first-order valence-corrected chi connectivity index (χ1v) is 6.52. The maximum atomic E-state index is 11.8. The summed E-state index contributed by atoms with van der Waals surface area (Å²) in [6.07, 6.45) is 4.76. The Hall–Kier alpha value is -0.770. The molecule has 1 N–H and O–H groups in total. The van der Waals surface area contributed by atoms with Gasteiger partial charge in [0.2, 0.25) is 0 Å². The molecule has 0 spiro atoms. The minimum atomic E-state index is -0.107. The Kier molecular flexibility index (Phi) is 3.69. The van der Waals surface area contributed by atoms with Crippen LogP contribution in [-0.2, 0) is 0 Å². The van der Waals surface area contributed by atoms with Gasteiger partial charge in [0.05, 0.1) is 0 Å². The number of furan rings is 1. The summed E-state index contributed by atoms with van der Waals surface area (Å²) in [4.78, 5) is 11.8. The fourth-order valence-corrected chi connectivity index (χ4v) is 2.51. The first kappa shape index (κ1) is 11.7. The van der Waals surface area contributed by atoms with Crippen molar-refractivity contribution in [2.24, 2.45) is 5.92 Å². The van der Waals surface area contributed by atoms with Crippen LogP contribution in [0.4, 0.5) is 0 Å². The molecule has 0 aromatic carbocycles. The van der Waals surface area contributed by atoms with Crippen LogP contribution in [-0.4, -0.2) is 11.9 Å². The summed E-state index contributed by atoms with van der Waals surface area (Å²) in [5.41, 5.74) is 0. The van der Waals surface area contributed by atoms with Crippen molar-refractivity contribution in [3.8, 4) is 0 Å². The number of carbonyl (C=O) groups excluding carboxylic acids is 1. The van der Waals surface area contributed by atoms with Gasteiger partial charge >= 0.3 is 0 Å². The Labute approximate surface area is 104 Å². The second kappa shape index (κ2) is 5.04. The number of rotatable bonds is 2. The van der Waals surface area contributed by atoms with E-state index in [1.54, 1.807) is 12.1 Å². The highest BCUT2D eigenvalue weighted by atomic mass is 79.9. The third kappa shape index (κ3) is 2.67. The summed E-state index contributed by atoms with van der Waals surface area (Å²) in [6, 6.07) is 3.72. The van der Waals surface area contributed by atoms with Crippen molar-refractivity contribution in [2.75, 3.05) is 0 Å². The van der Waals surface area contributed by atoms with Gasteiger partial charge in [-0.15, -0.1) is 0 Å². The SMILES string of the molecule is CC1CCCCC1NC(=O)c1ccc(Br)o1. The van der Waals surface area contributed by atoms with Gasteiger partial charge < -0.3 is 9.73 Å². The average molecular weight is 286 g/mol. The normalized spacial score (nSPS) is 25.4. The quantitative estimate of drug-likeness (QED) is 0.906. The Balaban J connectivity index is 1.96. The zero-order valence-electron chi connectivity index (χ0n) is 9.33. The van der Waals surface area contributed by atoms with Crippen LogP contribution in [0.2, 0.25) is 0 Å². The molecule has 0 radical (unpaired) electrons. The molecule has 1 aliphatic carbocycles. The van der Waals surface area contributed by atoms with Crippen LogP contribution in [0, 0.1) is 5.92 Å². The van der Waals surface area contributed by atoms with E-state index in [0.29, 0.717) is 22.4 Å². The van der Waals surface area contributed by atoms with Crippen LogP contribution in [0.5, 0.6) is 0 Å². The Morgan fingerprint density at radius 1 is 1.44 bits per heavy atom. The van der Waals surface area contributed by atoms with E-state index in [2.05, 4.69) is 28.2 Å². The molecule has 3 nitrogen and oxygen atoms in total. The number of hydrogen-bond acceptors (Lipinski definition) is 2. The fourth-order valence-electron chi connectivity index (χ4n) is 2.21. The van der Waals surface area contributed by atoms with E-state index in [-0.39, 0.29) is 5.91 Å². The van der Waals surface area contributed by atoms with Gasteiger partial charge in [-0.2, -0.15) is 0 Å². The molecule has 1 amide bonds. The molecule has 16 heavy (non-hydrogen) atoms. The Morgan fingerprint density at radius 3 is 2.81 bits per heavy atom. The molecule has 1 aromatic heterocycles. The van der Waals surface area contributed by atoms with Gasteiger partial charge in [-0.3, -0.25) is 4.79 Å². The molecular formula is C12H16BrNO2. The lowest BCUT2D eigenvalue weighted by Crippen LogP contribution is -2.40. The highest BCUT2D eigenvalue weighted by molar-refractivity contribution is 9.10. The summed E-state index contributed by atoms with van der Waals surface area (Å²) >= 11 is 3.19. The van der Waals surface area contributed by atoms with E-state index in [9.17, 15) is 4.79 Å². The predicted molar refractivity (Wildman–Crippen MR) is 65.3 cm³/mol. The van der Waals surface area contributed by atoms with Crippen molar-refractivity contribution in [3.63, 3.8) is 0 Å².